The molecule has 3 heteroatoms. The summed E-state index contributed by atoms with van der Waals surface area (Å²) < 4.78 is 67.3. The molecule has 0 aliphatic carbocycles. The Hall–Kier alpha value is -5.59. The van der Waals surface area contributed by atoms with Crippen LogP contribution in [-0.2, 0) is 0 Å². The second kappa shape index (κ2) is 8.73. The maximum atomic E-state index is 9.34. The predicted octanol–water partition coefficient (Wildman–Crippen LogP) is 10.1. The maximum absolute atomic E-state index is 9.34. The summed E-state index contributed by atoms with van der Waals surface area (Å²) in [5.74, 6) is 0. The lowest BCUT2D eigenvalue weighted by Gasteiger charge is -2.17. The topological polar surface area (TPSA) is 14.2 Å². The molecular weight excluding hydrogens is 486 g/mol. The standard InChI is InChI=1S/C37H23N3/c1-38-32-16-10-15-27(37(32)40-35-19-8-4-13-30(35)31-14-5-9-20-36(31)40)25-21-23-26(24-22-25)39-33-17-6-2-11-28(33)29-12-3-7-18-34(29)39/h2-24H/i10D,15D,16D,21D,22D,23D,24D. The number of hydrogen-bond donors (Lipinski definition) is 0. The Morgan fingerprint density at radius 1 is 0.525 bits per heavy atom. The van der Waals surface area contributed by atoms with Gasteiger partial charge in [0.25, 0.3) is 0 Å². The molecule has 8 rings (SSSR count). The first kappa shape index (κ1) is 16.4. The molecule has 6 aromatic carbocycles. The average Bonchev–Trinajstić information content (AvgIpc) is 3.60. The van der Waals surface area contributed by atoms with Gasteiger partial charge in [-0.15, -0.1) is 0 Å². The molecule has 0 atom stereocenters. The van der Waals surface area contributed by atoms with Crippen LogP contribution in [0.3, 0.4) is 0 Å². The Morgan fingerprint density at radius 3 is 1.45 bits per heavy atom. The van der Waals surface area contributed by atoms with Crippen molar-refractivity contribution < 1.29 is 9.60 Å². The molecule has 0 aliphatic rings. The third-order valence-corrected chi connectivity index (χ3v) is 7.41. The molecule has 0 unspecified atom stereocenters. The van der Waals surface area contributed by atoms with Crippen molar-refractivity contribution in [3.63, 3.8) is 0 Å². The van der Waals surface area contributed by atoms with Gasteiger partial charge in [-0.3, -0.25) is 0 Å². The van der Waals surface area contributed by atoms with Gasteiger partial charge in [-0.25, -0.2) is 4.85 Å². The fourth-order valence-electron chi connectivity index (χ4n) is 5.74. The van der Waals surface area contributed by atoms with Crippen molar-refractivity contribution in [2.75, 3.05) is 0 Å². The summed E-state index contributed by atoms with van der Waals surface area (Å²) >= 11 is 0. The van der Waals surface area contributed by atoms with E-state index in [0.717, 1.165) is 32.6 Å². The van der Waals surface area contributed by atoms with E-state index in [-0.39, 0.29) is 40.3 Å². The SMILES string of the molecule is [2H]c1c([2H])c([N+]#[C-])c(-n2c3ccccc3c3ccccc32)c(-c2c([2H])c([2H])c(-n3c4ccccc4c4ccccc43)c([2H])c2[2H])c1[2H]. The second-order valence-corrected chi connectivity index (χ2v) is 9.52. The quantitative estimate of drug-likeness (QED) is 0.207. The van der Waals surface area contributed by atoms with E-state index in [2.05, 4.69) is 4.85 Å². The van der Waals surface area contributed by atoms with E-state index in [0.29, 0.717) is 11.0 Å². The Morgan fingerprint density at radius 2 is 0.975 bits per heavy atom. The molecule has 8 aromatic rings. The second-order valence-electron chi connectivity index (χ2n) is 9.52. The Kier molecular flexibility index (Phi) is 3.58. The summed E-state index contributed by atoms with van der Waals surface area (Å²) in [6.07, 6.45) is 0. The summed E-state index contributed by atoms with van der Waals surface area (Å²) in [6.45, 7) is 8.12. The Balaban J connectivity index is 1.54. The average molecular weight is 517 g/mol. The first-order chi connectivity index (χ1) is 22.8. The van der Waals surface area contributed by atoms with E-state index in [1.54, 1.807) is 9.13 Å². The van der Waals surface area contributed by atoms with Gasteiger partial charge in [0.2, 0.25) is 5.69 Å². The van der Waals surface area contributed by atoms with Gasteiger partial charge in [-0.1, -0.05) is 103 Å². The van der Waals surface area contributed by atoms with Gasteiger partial charge in [-0.05, 0) is 47.5 Å². The van der Waals surface area contributed by atoms with Crippen molar-refractivity contribution in [3.8, 4) is 22.5 Å². The number of rotatable bonds is 3. The summed E-state index contributed by atoms with van der Waals surface area (Å²) in [6, 6.07) is 27.3. The van der Waals surface area contributed by atoms with E-state index in [4.69, 9.17) is 10.7 Å². The van der Waals surface area contributed by atoms with Crippen molar-refractivity contribution in [1.82, 2.24) is 9.13 Å². The first-order valence-electron chi connectivity index (χ1n) is 16.3. The van der Waals surface area contributed by atoms with Crippen molar-refractivity contribution in [1.29, 1.82) is 0 Å². The van der Waals surface area contributed by atoms with Crippen LogP contribution in [0.25, 0.3) is 71.0 Å². The Bertz CT molecular complexity index is 2550. The minimum Gasteiger partial charge on any atom is -0.318 e. The number of fused-ring (bicyclic) bond motifs is 6. The minimum absolute atomic E-state index is 0.0553. The smallest absolute Gasteiger partial charge is 0.211 e. The molecule has 0 fully saturated rings. The Labute approximate surface area is 241 Å². The molecule has 0 bridgehead atoms. The molecule has 2 heterocycles. The summed E-state index contributed by atoms with van der Waals surface area (Å²) in [7, 11) is 0. The van der Waals surface area contributed by atoms with Gasteiger partial charge in [-0.2, -0.15) is 0 Å². The molecule has 2 aromatic heterocycles. The van der Waals surface area contributed by atoms with Crippen molar-refractivity contribution in [2.24, 2.45) is 0 Å². The zero-order valence-corrected chi connectivity index (χ0v) is 21.1. The van der Waals surface area contributed by atoms with Crippen LogP contribution < -0.4 is 0 Å². The monoisotopic (exact) mass is 516 g/mol. The van der Waals surface area contributed by atoms with E-state index < -0.39 is 30.2 Å². The molecule has 0 N–H and O–H groups in total. The lowest BCUT2D eigenvalue weighted by Crippen LogP contribution is -1.98. The number of aromatic nitrogens is 2. The van der Waals surface area contributed by atoms with Gasteiger partial charge in [0.1, 0.15) is 0 Å². The van der Waals surface area contributed by atoms with Crippen molar-refractivity contribution in [3.05, 3.63) is 151 Å². The van der Waals surface area contributed by atoms with Crippen LogP contribution in [0.1, 0.15) is 9.60 Å². The predicted molar refractivity (Wildman–Crippen MR) is 167 cm³/mol. The normalized spacial score (nSPS) is 13.9. The molecule has 0 saturated heterocycles. The fourth-order valence-corrected chi connectivity index (χ4v) is 5.74. The number of hydrogen-bond acceptors (Lipinski definition) is 0. The van der Waals surface area contributed by atoms with Crippen LogP contribution in [-0.4, -0.2) is 9.13 Å². The van der Waals surface area contributed by atoms with Gasteiger partial charge in [0.05, 0.1) is 42.6 Å². The lowest BCUT2D eigenvalue weighted by molar-refractivity contribution is 1.17. The lowest BCUT2D eigenvalue weighted by atomic mass is 10.0. The molecule has 40 heavy (non-hydrogen) atoms. The highest BCUT2D eigenvalue weighted by Crippen LogP contribution is 2.41. The van der Waals surface area contributed by atoms with Crippen LogP contribution in [0.4, 0.5) is 5.69 Å². The molecule has 3 nitrogen and oxygen atoms in total. The third-order valence-electron chi connectivity index (χ3n) is 7.41. The maximum Gasteiger partial charge on any atom is 0.211 e. The van der Waals surface area contributed by atoms with E-state index in [1.165, 1.54) is 0 Å². The van der Waals surface area contributed by atoms with Gasteiger partial charge in [0, 0.05) is 28.6 Å². The van der Waals surface area contributed by atoms with Crippen molar-refractivity contribution >= 4 is 49.3 Å². The van der Waals surface area contributed by atoms with Gasteiger partial charge in [0.15, 0.2) is 0 Å². The van der Waals surface area contributed by atoms with Crippen LogP contribution in [0.15, 0.2) is 139 Å². The summed E-state index contributed by atoms with van der Waals surface area (Å²) in [5, 5.41) is 3.52. The van der Waals surface area contributed by atoms with E-state index in [9.17, 15) is 5.48 Å². The fraction of sp³-hybridized carbons (Fsp3) is 0. The molecule has 0 saturated carbocycles. The number of nitrogens with zero attached hydrogens (tertiary/aromatic N) is 3. The molecule has 0 aliphatic heterocycles. The summed E-state index contributed by atoms with van der Waals surface area (Å²) in [4.78, 5) is 3.68. The van der Waals surface area contributed by atoms with Crippen LogP contribution in [0.2, 0.25) is 0 Å². The highest BCUT2D eigenvalue weighted by atomic mass is 15.0. The highest BCUT2D eigenvalue weighted by Gasteiger charge is 2.19. The first-order valence-corrected chi connectivity index (χ1v) is 12.8. The van der Waals surface area contributed by atoms with Crippen LogP contribution in [0.5, 0.6) is 0 Å². The largest absolute Gasteiger partial charge is 0.318 e. The van der Waals surface area contributed by atoms with Gasteiger partial charge >= 0.3 is 0 Å². The minimum atomic E-state index is -0.529. The molecular formula is C37H23N3. The zero-order valence-electron chi connectivity index (χ0n) is 28.1. The number of benzene rings is 6. The van der Waals surface area contributed by atoms with E-state index in [1.807, 2.05) is 97.1 Å². The third kappa shape index (κ3) is 3.17. The molecule has 0 spiro atoms. The summed E-state index contributed by atoms with van der Waals surface area (Å²) in [5.41, 5.74) is 2.40. The molecule has 186 valence electrons. The van der Waals surface area contributed by atoms with Crippen molar-refractivity contribution in [2.45, 2.75) is 0 Å². The zero-order chi connectivity index (χ0) is 32.7. The van der Waals surface area contributed by atoms with Crippen LogP contribution in [0, 0.1) is 6.57 Å². The van der Waals surface area contributed by atoms with Gasteiger partial charge < -0.3 is 9.13 Å². The molecule has 0 radical (unpaired) electrons. The molecule has 0 amide bonds. The highest BCUT2D eigenvalue weighted by molar-refractivity contribution is 6.11. The van der Waals surface area contributed by atoms with E-state index >= 15 is 0 Å². The van der Waals surface area contributed by atoms with Crippen LogP contribution >= 0.6 is 0 Å². The number of para-hydroxylation sites is 5.